The Bertz CT molecular complexity index is 128. The van der Waals surface area contributed by atoms with Crippen LogP contribution in [0.25, 0.3) is 0 Å². The van der Waals surface area contributed by atoms with E-state index in [0.717, 1.165) is 13.0 Å². The summed E-state index contributed by atoms with van der Waals surface area (Å²) in [6.45, 7) is 5.17. The Labute approximate surface area is 80.9 Å². The van der Waals surface area contributed by atoms with E-state index in [1.54, 1.807) is 12.6 Å². The molecule has 0 bridgehead atoms. The molecule has 0 fully saturated rings. The van der Waals surface area contributed by atoms with E-state index >= 15 is 0 Å². The fourth-order valence-corrected chi connectivity index (χ4v) is 1.35. The van der Waals surface area contributed by atoms with Gasteiger partial charge in [-0.05, 0) is 12.3 Å². The molecule has 0 N–H and O–H groups in total. The van der Waals surface area contributed by atoms with Crippen LogP contribution < -0.4 is 0 Å². The van der Waals surface area contributed by atoms with Crippen molar-refractivity contribution in [2.75, 3.05) is 20.8 Å². The lowest BCUT2D eigenvalue weighted by atomic mass is 10.0. The Kier molecular flexibility index (Phi) is 6.30. The van der Waals surface area contributed by atoms with Crippen LogP contribution in [0.1, 0.15) is 20.3 Å². The fraction of sp³-hybridized carbons (Fsp3) is 0.889. The van der Waals surface area contributed by atoms with Gasteiger partial charge in [0.15, 0.2) is 0 Å². The first-order chi connectivity index (χ1) is 5.61. The van der Waals surface area contributed by atoms with Gasteiger partial charge in [0.05, 0.1) is 18.1 Å². The van der Waals surface area contributed by atoms with Crippen molar-refractivity contribution in [3.8, 4) is 0 Å². The van der Waals surface area contributed by atoms with Gasteiger partial charge in [-0.1, -0.05) is 26.1 Å². The summed E-state index contributed by atoms with van der Waals surface area (Å²) in [6.07, 6.45) is 1.12. The highest BCUT2D eigenvalue weighted by Crippen LogP contribution is 2.09. The van der Waals surface area contributed by atoms with Crippen molar-refractivity contribution < 1.29 is 4.74 Å². The molecule has 0 aromatic carbocycles. The monoisotopic (exact) mass is 189 g/mol. The van der Waals surface area contributed by atoms with Gasteiger partial charge >= 0.3 is 0 Å². The highest BCUT2D eigenvalue weighted by atomic mass is 32.1. The lowest BCUT2D eigenvalue weighted by molar-refractivity contribution is 0.128. The number of thiocarbonyl (C=S) groups is 1. The lowest BCUT2D eigenvalue weighted by Crippen LogP contribution is -2.34. The summed E-state index contributed by atoms with van der Waals surface area (Å²) in [5.74, 6) is 0.683. The van der Waals surface area contributed by atoms with Gasteiger partial charge < -0.3 is 9.64 Å². The minimum absolute atomic E-state index is 0.424. The van der Waals surface area contributed by atoms with E-state index in [4.69, 9.17) is 17.0 Å². The molecule has 0 aromatic rings. The second-order valence-corrected chi connectivity index (χ2v) is 3.72. The highest BCUT2D eigenvalue weighted by molar-refractivity contribution is 7.78. The van der Waals surface area contributed by atoms with E-state index in [9.17, 15) is 0 Å². The van der Waals surface area contributed by atoms with Gasteiger partial charge in [-0.25, -0.2) is 0 Å². The second kappa shape index (κ2) is 6.38. The molecule has 12 heavy (non-hydrogen) atoms. The van der Waals surface area contributed by atoms with E-state index in [1.165, 1.54) is 0 Å². The first-order valence-corrected chi connectivity index (χ1v) is 4.75. The summed E-state index contributed by atoms with van der Waals surface area (Å²) in [6, 6.07) is 0.424. The Morgan fingerprint density at radius 2 is 2.08 bits per heavy atom. The molecule has 0 spiro atoms. The molecule has 1 atom stereocenters. The molecule has 0 aliphatic rings. The smallest absolute Gasteiger partial charge is 0.0666 e. The molecule has 0 aliphatic carbocycles. The SMILES string of the molecule is COCC(CC(C)C)N(C)C=S. The number of hydrogen-bond donors (Lipinski definition) is 0. The minimum atomic E-state index is 0.424. The number of ether oxygens (including phenoxy) is 1. The van der Waals surface area contributed by atoms with Crippen molar-refractivity contribution in [1.29, 1.82) is 0 Å². The van der Waals surface area contributed by atoms with E-state index in [1.807, 2.05) is 11.9 Å². The maximum Gasteiger partial charge on any atom is 0.0666 e. The Balaban J connectivity index is 3.93. The summed E-state index contributed by atoms with van der Waals surface area (Å²) < 4.78 is 5.12. The molecule has 1 unspecified atom stereocenters. The van der Waals surface area contributed by atoms with Crippen molar-refractivity contribution in [3.05, 3.63) is 0 Å². The zero-order valence-corrected chi connectivity index (χ0v) is 9.23. The molecule has 72 valence electrons. The zero-order chi connectivity index (χ0) is 9.56. The molecule has 0 saturated carbocycles. The van der Waals surface area contributed by atoms with E-state index in [0.29, 0.717) is 12.0 Å². The molecule has 0 heterocycles. The minimum Gasteiger partial charge on any atom is -0.383 e. The molecular weight excluding hydrogens is 170 g/mol. The molecule has 0 amide bonds. The van der Waals surface area contributed by atoms with Gasteiger partial charge in [0, 0.05) is 14.2 Å². The fourth-order valence-electron chi connectivity index (χ4n) is 1.17. The summed E-state index contributed by atoms with van der Waals surface area (Å²) in [5, 5.41) is 0. The van der Waals surface area contributed by atoms with E-state index < -0.39 is 0 Å². The number of rotatable bonds is 6. The molecule has 0 aliphatic heterocycles. The molecule has 2 nitrogen and oxygen atoms in total. The standard InChI is InChI=1S/C9H19NOS/c1-8(2)5-9(6-11-4)10(3)7-12/h7-9H,5-6H2,1-4H3. The maximum atomic E-state index is 5.12. The van der Waals surface area contributed by atoms with Crippen LogP contribution in [0.4, 0.5) is 0 Å². The van der Waals surface area contributed by atoms with Crippen LogP contribution in [-0.2, 0) is 4.74 Å². The molecule has 0 saturated heterocycles. The van der Waals surface area contributed by atoms with Crippen molar-refractivity contribution in [2.24, 2.45) is 5.92 Å². The summed E-state index contributed by atoms with van der Waals surface area (Å²) >= 11 is 4.86. The topological polar surface area (TPSA) is 12.5 Å². The van der Waals surface area contributed by atoms with Gasteiger partial charge in [0.1, 0.15) is 0 Å². The van der Waals surface area contributed by atoms with Gasteiger partial charge in [0.2, 0.25) is 0 Å². The Morgan fingerprint density at radius 3 is 2.42 bits per heavy atom. The molecule has 0 rings (SSSR count). The Morgan fingerprint density at radius 1 is 1.50 bits per heavy atom. The van der Waals surface area contributed by atoms with Gasteiger partial charge in [-0.2, -0.15) is 0 Å². The van der Waals surface area contributed by atoms with Crippen molar-refractivity contribution in [3.63, 3.8) is 0 Å². The van der Waals surface area contributed by atoms with Crippen LogP contribution in [0.5, 0.6) is 0 Å². The number of methoxy groups -OCH3 is 1. The predicted octanol–water partition coefficient (Wildman–Crippen LogP) is 1.94. The molecule has 0 aromatic heterocycles. The van der Waals surface area contributed by atoms with Crippen LogP contribution in [-0.4, -0.2) is 37.2 Å². The molecular formula is C9H19NOS. The summed E-state index contributed by atoms with van der Waals surface area (Å²) in [5.41, 5.74) is 1.69. The lowest BCUT2D eigenvalue weighted by Gasteiger charge is -2.26. The average molecular weight is 189 g/mol. The van der Waals surface area contributed by atoms with Crippen LogP contribution in [0.2, 0.25) is 0 Å². The Hall–Kier alpha value is -0.150. The normalized spacial score (nSPS) is 13.1. The van der Waals surface area contributed by atoms with Crippen LogP contribution in [0, 0.1) is 5.92 Å². The van der Waals surface area contributed by atoms with Crippen molar-refractivity contribution in [2.45, 2.75) is 26.3 Å². The third-order valence-corrected chi connectivity index (χ3v) is 2.18. The zero-order valence-electron chi connectivity index (χ0n) is 8.41. The maximum absolute atomic E-state index is 5.12. The van der Waals surface area contributed by atoms with Gasteiger partial charge in [-0.3, -0.25) is 0 Å². The van der Waals surface area contributed by atoms with Crippen molar-refractivity contribution >= 4 is 17.7 Å². The number of likely N-dealkylation sites (N-methyl/N-ethyl adjacent to an activating group) is 1. The van der Waals surface area contributed by atoms with Crippen molar-refractivity contribution in [1.82, 2.24) is 4.90 Å². The van der Waals surface area contributed by atoms with Gasteiger partial charge in [-0.15, -0.1) is 0 Å². The quantitative estimate of drug-likeness (QED) is 0.592. The van der Waals surface area contributed by atoms with Crippen LogP contribution >= 0.6 is 12.2 Å². The summed E-state index contributed by atoms with van der Waals surface area (Å²) in [4.78, 5) is 2.04. The van der Waals surface area contributed by atoms with E-state index in [-0.39, 0.29) is 0 Å². The third-order valence-electron chi connectivity index (χ3n) is 1.84. The largest absolute Gasteiger partial charge is 0.383 e. The second-order valence-electron chi connectivity index (χ2n) is 3.51. The van der Waals surface area contributed by atoms with Crippen LogP contribution in [0.15, 0.2) is 0 Å². The first-order valence-electron chi connectivity index (χ1n) is 4.28. The summed E-state index contributed by atoms with van der Waals surface area (Å²) in [7, 11) is 3.73. The predicted molar refractivity (Wildman–Crippen MR) is 56.5 cm³/mol. The number of hydrogen-bond acceptors (Lipinski definition) is 2. The van der Waals surface area contributed by atoms with Crippen LogP contribution in [0.3, 0.4) is 0 Å². The molecule has 0 radical (unpaired) electrons. The molecule has 3 heteroatoms. The van der Waals surface area contributed by atoms with E-state index in [2.05, 4.69) is 13.8 Å². The van der Waals surface area contributed by atoms with Gasteiger partial charge in [0.25, 0.3) is 0 Å². The highest BCUT2D eigenvalue weighted by Gasteiger charge is 2.13. The number of nitrogens with zero attached hydrogens (tertiary/aromatic N) is 1. The third kappa shape index (κ3) is 4.67. The first kappa shape index (κ1) is 11.8. The average Bonchev–Trinajstić information content (AvgIpc) is 2.01.